The van der Waals surface area contributed by atoms with Crippen molar-refractivity contribution in [1.82, 2.24) is 14.8 Å². The van der Waals surface area contributed by atoms with Crippen molar-refractivity contribution in [2.75, 3.05) is 22.5 Å². The molecule has 1 aliphatic heterocycles. The minimum absolute atomic E-state index is 0.0876. The summed E-state index contributed by atoms with van der Waals surface area (Å²) < 4.78 is 42.3. The molecule has 1 N–H and O–H groups in total. The Kier molecular flexibility index (Phi) is 5.53. The number of ether oxygens (including phenoxy) is 1. The van der Waals surface area contributed by atoms with Crippen LogP contribution in [-0.4, -0.2) is 39.3 Å². The molecule has 0 fully saturated rings. The molecule has 4 rings (SSSR count). The predicted octanol–water partition coefficient (Wildman–Crippen LogP) is 4.06. The SMILES string of the molecule is O=C(CSc1nnc2n1CCN2c1ccccc1)Nc1ccc(OC(F)(F)F)cc1. The zero-order chi connectivity index (χ0) is 21.1. The van der Waals surface area contributed by atoms with Gasteiger partial charge in [0.2, 0.25) is 11.9 Å². The summed E-state index contributed by atoms with van der Waals surface area (Å²) in [5, 5.41) is 11.7. The van der Waals surface area contributed by atoms with Gasteiger partial charge in [0.15, 0.2) is 5.16 Å². The lowest BCUT2D eigenvalue weighted by Gasteiger charge is -2.14. The molecule has 0 saturated heterocycles. The fraction of sp³-hybridized carbons (Fsp3) is 0.211. The first-order valence-electron chi connectivity index (χ1n) is 8.93. The maximum absolute atomic E-state index is 12.2. The van der Waals surface area contributed by atoms with E-state index in [9.17, 15) is 18.0 Å². The molecule has 11 heteroatoms. The van der Waals surface area contributed by atoms with E-state index in [1.807, 2.05) is 34.9 Å². The van der Waals surface area contributed by atoms with Crippen LogP contribution in [0.15, 0.2) is 59.8 Å². The van der Waals surface area contributed by atoms with Gasteiger partial charge in [0.1, 0.15) is 5.75 Å². The molecule has 2 aromatic carbocycles. The first kappa shape index (κ1) is 20.1. The number of nitrogens with zero attached hydrogens (tertiary/aromatic N) is 4. The zero-order valence-electron chi connectivity index (χ0n) is 15.5. The third-order valence-corrected chi connectivity index (χ3v) is 5.22. The molecule has 3 aromatic rings. The lowest BCUT2D eigenvalue weighted by molar-refractivity contribution is -0.274. The summed E-state index contributed by atoms with van der Waals surface area (Å²) in [4.78, 5) is 14.3. The lowest BCUT2D eigenvalue weighted by Crippen LogP contribution is -2.17. The lowest BCUT2D eigenvalue weighted by atomic mass is 10.3. The van der Waals surface area contributed by atoms with Crippen molar-refractivity contribution in [3.8, 4) is 5.75 Å². The van der Waals surface area contributed by atoms with Gasteiger partial charge < -0.3 is 15.0 Å². The molecule has 0 spiro atoms. The quantitative estimate of drug-likeness (QED) is 0.589. The number of benzene rings is 2. The summed E-state index contributed by atoms with van der Waals surface area (Å²) in [7, 11) is 0. The average Bonchev–Trinajstić information content (AvgIpc) is 3.30. The minimum atomic E-state index is -4.75. The Morgan fingerprint density at radius 1 is 1.07 bits per heavy atom. The van der Waals surface area contributed by atoms with Crippen molar-refractivity contribution in [2.45, 2.75) is 18.1 Å². The highest BCUT2D eigenvalue weighted by Crippen LogP contribution is 2.32. The molecule has 2 heterocycles. The van der Waals surface area contributed by atoms with E-state index in [-0.39, 0.29) is 17.4 Å². The van der Waals surface area contributed by atoms with Gasteiger partial charge in [-0.05, 0) is 36.4 Å². The summed E-state index contributed by atoms with van der Waals surface area (Å²) in [6.45, 7) is 1.48. The van der Waals surface area contributed by atoms with Gasteiger partial charge in [0.25, 0.3) is 0 Å². The number of thioether (sulfide) groups is 1. The number of alkyl halides is 3. The second-order valence-electron chi connectivity index (χ2n) is 6.33. The van der Waals surface area contributed by atoms with Crippen LogP contribution in [0.2, 0.25) is 0 Å². The summed E-state index contributed by atoms with van der Waals surface area (Å²) in [5.41, 5.74) is 1.40. The molecule has 0 atom stereocenters. The number of aromatic nitrogens is 3. The highest BCUT2D eigenvalue weighted by Gasteiger charge is 2.31. The summed E-state index contributed by atoms with van der Waals surface area (Å²) in [6.07, 6.45) is -4.75. The number of amides is 1. The molecule has 7 nitrogen and oxygen atoms in total. The molecule has 1 aromatic heterocycles. The van der Waals surface area contributed by atoms with E-state index in [2.05, 4.69) is 25.2 Å². The molecule has 30 heavy (non-hydrogen) atoms. The van der Waals surface area contributed by atoms with Crippen LogP contribution in [0.25, 0.3) is 0 Å². The fourth-order valence-electron chi connectivity index (χ4n) is 3.00. The topological polar surface area (TPSA) is 72.3 Å². The number of fused-ring (bicyclic) bond motifs is 1. The molecule has 0 saturated carbocycles. The first-order valence-corrected chi connectivity index (χ1v) is 9.92. The van der Waals surface area contributed by atoms with Crippen molar-refractivity contribution < 1.29 is 22.7 Å². The molecule has 1 aliphatic rings. The number of carbonyl (C=O) groups is 1. The van der Waals surface area contributed by atoms with Gasteiger partial charge in [-0.3, -0.25) is 9.36 Å². The Morgan fingerprint density at radius 2 is 1.80 bits per heavy atom. The minimum Gasteiger partial charge on any atom is -0.406 e. The number of para-hydroxylation sites is 1. The predicted molar refractivity (Wildman–Crippen MR) is 106 cm³/mol. The van der Waals surface area contributed by atoms with Crippen LogP contribution in [0.1, 0.15) is 0 Å². The van der Waals surface area contributed by atoms with Crippen molar-refractivity contribution in [2.24, 2.45) is 0 Å². The van der Waals surface area contributed by atoms with Gasteiger partial charge in [-0.15, -0.1) is 23.4 Å². The molecule has 0 bridgehead atoms. The summed E-state index contributed by atoms with van der Waals surface area (Å²) in [5.74, 6) is 0.158. The number of hydrogen-bond acceptors (Lipinski definition) is 6. The third kappa shape index (κ3) is 4.67. The normalized spacial score (nSPS) is 13.2. The Hall–Kier alpha value is -3.21. The van der Waals surface area contributed by atoms with Gasteiger partial charge in [0.05, 0.1) is 5.75 Å². The van der Waals surface area contributed by atoms with E-state index in [0.717, 1.165) is 30.3 Å². The van der Waals surface area contributed by atoms with Gasteiger partial charge >= 0.3 is 6.36 Å². The molecular weight excluding hydrogens is 419 g/mol. The van der Waals surface area contributed by atoms with Gasteiger partial charge in [0, 0.05) is 24.5 Å². The second-order valence-corrected chi connectivity index (χ2v) is 7.27. The van der Waals surface area contributed by atoms with E-state index in [1.165, 1.54) is 23.9 Å². The number of carbonyl (C=O) groups excluding carboxylic acids is 1. The van der Waals surface area contributed by atoms with Crippen molar-refractivity contribution in [1.29, 1.82) is 0 Å². The highest BCUT2D eigenvalue weighted by atomic mass is 32.2. The Labute approximate surface area is 173 Å². The molecule has 0 unspecified atom stereocenters. The molecule has 156 valence electrons. The molecule has 1 amide bonds. The maximum atomic E-state index is 12.2. The van der Waals surface area contributed by atoms with Crippen molar-refractivity contribution in [3.05, 3.63) is 54.6 Å². The van der Waals surface area contributed by atoms with E-state index in [0.29, 0.717) is 17.4 Å². The van der Waals surface area contributed by atoms with Gasteiger partial charge in [-0.25, -0.2) is 0 Å². The number of halogens is 3. The fourth-order valence-corrected chi connectivity index (χ4v) is 3.76. The molecular formula is C19H16F3N5O2S. The van der Waals surface area contributed by atoms with E-state index < -0.39 is 6.36 Å². The Bertz CT molecular complexity index is 1020. The van der Waals surface area contributed by atoms with Crippen LogP contribution in [0, 0.1) is 0 Å². The molecule has 0 radical (unpaired) electrons. The summed E-state index contributed by atoms with van der Waals surface area (Å²) in [6, 6.07) is 14.8. The number of nitrogens with one attached hydrogen (secondary N) is 1. The summed E-state index contributed by atoms with van der Waals surface area (Å²) >= 11 is 1.25. The smallest absolute Gasteiger partial charge is 0.406 e. The first-order chi connectivity index (χ1) is 14.4. The largest absolute Gasteiger partial charge is 0.573 e. The highest BCUT2D eigenvalue weighted by molar-refractivity contribution is 7.99. The maximum Gasteiger partial charge on any atom is 0.573 e. The monoisotopic (exact) mass is 435 g/mol. The van der Waals surface area contributed by atoms with Crippen LogP contribution < -0.4 is 15.0 Å². The Morgan fingerprint density at radius 3 is 2.50 bits per heavy atom. The average molecular weight is 435 g/mol. The number of rotatable bonds is 6. The van der Waals surface area contributed by atoms with Crippen LogP contribution in [0.4, 0.5) is 30.5 Å². The van der Waals surface area contributed by atoms with E-state index in [1.54, 1.807) is 0 Å². The van der Waals surface area contributed by atoms with Crippen molar-refractivity contribution >= 4 is 35.0 Å². The van der Waals surface area contributed by atoms with Gasteiger partial charge in [-0.1, -0.05) is 30.0 Å². The Balaban J connectivity index is 1.33. The van der Waals surface area contributed by atoms with E-state index >= 15 is 0 Å². The zero-order valence-corrected chi connectivity index (χ0v) is 16.3. The van der Waals surface area contributed by atoms with E-state index in [4.69, 9.17) is 0 Å². The standard InChI is InChI=1S/C19H16F3N5O2S/c20-19(21,22)29-15-8-6-13(7-9-15)23-16(28)12-30-18-25-24-17-26(10-11-27(17)18)14-4-2-1-3-5-14/h1-9H,10-12H2,(H,23,28). The number of hydrogen-bond donors (Lipinski definition) is 1. The van der Waals surface area contributed by atoms with Crippen molar-refractivity contribution in [3.63, 3.8) is 0 Å². The van der Waals surface area contributed by atoms with Crippen LogP contribution >= 0.6 is 11.8 Å². The van der Waals surface area contributed by atoms with Crippen LogP contribution in [0.3, 0.4) is 0 Å². The number of anilines is 3. The molecule has 0 aliphatic carbocycles. The van der Waals surface area contributed by atoms with Crippen LogP contribution in [-0.2, 0) is 11.3 Å². The van der Waals surface area contributed by atoms with Gasteiger partial charge in [-0.2, -0.15) is 0 Å². The second kappa shape index (κ2) is 8.27. The third-order valence-electron chi connectivity index (χ3n) is 4.26. The van der Waals surface area contributed by atoms with Crippen LogP contribution in [0.5, 0.6) is 5.75 Å².